The highest BCUT2D eigenvalue weighted by molar-refractivity contribution is 9.09. The largest absolute Gasteiger partial charge is 0.455 e. The van der Waals surface area contributed by atoms with Crippen molar-refractivity contribution in [1.29, 1.82) is 0 Å². The van der Waals surface area contributed by atoms with Gasteiger partial charge in [0.1, 0.15) is 17.7 Å². The summed E-state index contributed by atoms with van der Waals surface area (Å²) in [4.78, 5) is 59.2. The van der Waals surface area contributed by atoms with Gasteiger partial charge < -0.3 is 29.7 Å². The molecule has 1 aromatic carbocycles. The van der Waals surface area contributed by atoms with E-state index in [1.807, 2.05) is 65.0 Å². The second-order valence-corrected chi connectivity index (χ2v) is 15.4. The van der Waals surface area contributed by atoms with E-state index in [0.29, 0.717) is 18.4 Å². The molecule has 3 amide bonds. The molecule has 3 saturated heterocycles. The van der Waals surface area contributed by atoms with Crippen molar-refractivity contribution in [3.05, 3.63) is 61.2 Å². The Labute approximate surface area is 287 Å². The summed E-state index contributed by atoms with van der Waals surface area (Å²) in [5.74, 6) is -3.79. The van der Waals surface area contributed by atoms with Crippen LogP contribution in [0.25, 0.3) is 0 Å². The Kier molecular flexibility index (Phi) is 11.4. The molecule has 47 heavy (non-hydrogen) atoms. The molecule has 1 aromatic rings. The number of likely N-dealkylation sites (tertiary alicyclic amines) is 1. The lowest BCUT2D eigenvalue weighted by Gasteiger charge is -2.44. The lowest BCUT2D eigenvalue weighted by Crippen LogP contribution is -2.62. The van der Waals surface area contributed by atoms with Gasteiger partial charge in [-0.3, -0.25) is 19.2 Å². The molecule has 1 unspecified atom stereocenters. The molecule has 258 valence electrons. The Balaban J connectivity index is 1.76. The minimum atomic E-state index is -1.32. The van der Waals surface area contributed by atoms with Crippen LogP contribution < -0.4 is 5.32 Å². The van der Waals surface area contributed by atoms with Gasteiger partial charge in [-0.15, -0.1) is 13.2 Å². The number of carbonyl (C=O) groups excluding carboxylic acids is 4. The van der Waals surface area contributed by atoms with Crippen LogP contribution in [0, 0.1) is 17.8 Å². The van der Waals surface area contributed by atoms with Crippen LogP contribution in [-0.4, -0.2) is 91.9 Å². The molecule has 4 rings (SSSR count). The summed E-state index contributed by atoms with van der Waals surface area (Å²) in [6, 6.07) is 6.80. The average Bonchev–Trinajstić information content (AvgIpc) is 3.60. The van der Waals surface area contributed by atoms with E-state index >= 15 is 0 Å². The molecule has 0 saturated carbocycles. The van der Waals surface area contributed by atoms with Gasteiger partial charge in [0.25, 0.3) is 0 Å². The van der Waals surface area contributed by atoms with Crippen molar-refractivity contribution in [2.24, 2.45) is 17.8 Å². The number of benzene rings is 1. The summed E-state index contributed by atoms with van der Waals surface area (Å²) in [5, 5.41) is 13.5. The molecule has 0 aromatic heterocycles. The predicted molar refractivity (Wildman–Crippen MR) is 182 cm³/mol. The third-order valence-corrected chi connectivity index (χ3v) is 10.6. The van der Waals surface area contributed by atoms with E-state index in [-0.39, 0.29) is 42.1 Å². The number of ether oxygens (including phenoxy) is 2. The van der Waals surface area contributed by atoms with Gasteiger partial charge >= 0.3 is 5.97 Å². The monoisotopic (exact) mass is 715 g/mol. The molecule has 10 nitrogen and oxygen atoms in total. The van der Waals surface area contributed by atoms with E-state index in [9.17, 15) is 24.3 Å². The number of esters is 1. The number of amides is 3. The van der Waals surface area contributed by atoms with Crippen molar-refractivity contribution in [1.82, 2.24) is 15.1 Å². The molecule has 3 aliphatic rings. The first kappa shape index (κ1) is 36.8. The number of rotatable bonds is 14. The van der Waals surface area contributed by atoms with Gasteiger partial charge in [-0.05, 0) is 52.0 Å². The Bertz CT molecular complexity index is 1350. The van der Waals surface area contributed by atoms with Gasteiger partial charge in [0.05, 0.1) is 36.6 Å². The third kappa shape index (κ3) is 6.94. The number of hydrogen-bond acceptors (Lipinski definition) is 7. The lowest BCUT2D eigenvalue weighted by atomic mass is 9.70. The van der Waals surface area contributed by atoms with E-state index in [0.717, 1.165) is 0 Å². The summed E-state index contributed by atoms with van der Waals surface area (Å²) in [6.45, 7) is 18.7. The smallest absolute Gasteiger partial charge is 0.313 e. The minimum absolute atomic E-state index is 0.188. The summed E-state index contributed by atoms with van der Waals surface area (Å²) >= 11 is 3.72. The van der Waals surface area contributed by atoms with Crippen molar-refractivity contribution in [3.63, 3.8) is 0 Å². The highest BCUT2D eigenvalue weighted by atomic mass is 79.9. The van der Waals surface area contributed by atoms with Crippen LogP contribution in [0.2, 0.25) is 0 Å². The highest BCUT2D eigenvalue weighted by Crippen LogP contribution is 2.61. The molecule has 3 heterocycles. The Hall–Kier alpha value is -3.02. The number of aliphatic hydroxyl groups excluding tert-OH is 1. The van der Waals surface area contributed by atoms with E-state index in [2.05, 4.69) is 34.4 Å². The zero-order chi connectivity index (χ0) is 34.8. The highest BCUT2D eigenvalue weighted by Gasteiger charge is 2.78. The number of alkyl halides is 1. The second-order valence-electron chi connectivity index (χ2n) is 14.3. The number of hydrogen-bond donors (Lipinski definition) is 2. The van der Waals surface area contributed by atoms with Gasteiger partial charge in [0.15, 0.2) is 0 Å². The molecular weight excluding hydrogens is 666 g/mol. The number of nitrogens with zero attached hydrogens (tertiary/aromatic N) is 2. The van der Waals surface area contributed by atoms with Crippen LogP contribution in [0.1, 0.15) is 72.5 Å². The maximum absolute atomic E-state index is 14.7. The number of aliphatic hydroxyl groups is 1. The zero-order valence-electron chi connectivity index (χ0n) is 28.4. The van der Waals surface area contributed by atoms with E-state index in [1.165, 1.54) is 4.90 Å². The van der Waals surface area contributed by atoms with Crippen LogP contribution in [-0.2, 0) is 28.7 Å². The van der Waals surface area contributed by atoms with Crippen LogP contribution in [0.3, 0.4) is 0 Å². The molecule has 3 fully saturated rings. The fourth-order valence-corrected chi connectivity index (χ4v) is 8.45. The van der Waals surface area contributed by atoms with Crippen molar-refractivity contribution in [2.45, 2.75) is 107 Å². The molecule has 2 bridgehead atoms. The van der Waals surface area contributed by atoms with E-state index in [1.54, 1.807) is 24.0 Å². The molecular formula is C36H50BrN3O7. The molecule has 2 N–H and O–H groups in total. The Morgan fingerprint density at radius 3 is 2.40 bits per heavy atom. The SMILES string of the molecule is C=CCCC(=O)N[C@H](C)[C@@H](OC(=O)[C@@H]1[C@H]2O[C@@]3(CC2Br)[C@H](C(=O)N(CC=C)C(C)(C)C)N([C@@H](CO)C(C)C)C(=O)[C@@H]13)c1ccccc1. The van der Waals surface area contributed by atoms with Crippen LogP contribution in [0.4, 0.5) is 0 Å². The first-order valence-electron chi connectivity index (χ1n) is 16.5. The summed E-state index contributed by atoms with van der Waals surface area (Å²) < 4.78 is 12.9. The fourth-order valence-electron chi connectivity index (χ4n) is 7.50. The predicted octanol–water partition coefficient (Wildman–Crippen LogP) is 4.32. The number of halogens is 1. The molecule has 9 atom stereocenters. The van der Waals surface area contributed by atoms with Gasteiger partial charge in [-0.25, -0.2) is 0 Å². The van der Waals surface area contributed by atoms with Crippen LogP contribution >= 0.6 is 15.9 Å². The van der Waals surface area contributed by atoms with E-state index < -0.39 is 65.2 Å². The number of fused-ring (bicyclic) bond motifs is 1. The van der Waals surface area contributed by atoms with Crippen LogP contribution in [0.15, 0.2) is 55.6 Å². The minimum Gasteiger partial charge on any atom is -0.455 e. The number of nitrogens with one attached hydrogen (secondary N) is 1. The normalized spacial score (nSPS) is 28.4. The van der Waals surface area contributed by atoms with Gasteiger partial charge in [0, 0.05) is 23.3 Å². The molecule has 0 radical (unpaired) electrons. The van der Waals surface area contributed by atoms with E-state index in [4.69, 9.17) is 9.47 Å². The van der Waals surface area contributed by atoms with Gasteiger partial charge in [0.2, 0.25) is 17.7 Å². The average molecular weight is 717 g/mol. The van der Waals surface area contributed by atoms with Gasteiger partial charge in [-0.1, -0.05) is 72.3 Å². The molecule has 0 aliphatic carbocycles. The lowest BCUT2D eigenvalue weighted by molar-refractivity contribution is -0.163. The topological polar surface area (TPSA) is 125 Å². The maximum Gasteiger partial charge on any atom is 0.313 e. The van der Waals surface area contributed by atoms with Crippen molar-refractivity contribution < 1.29 is 33.8 Å². The zero-order valence-corrected chi connectivity index (χ0v) is 29.9. The first-order valence-corrected chi connectivity index (χ1v) is 17.4. The maximum atomic E-state index is 14.7. The molecule has 1 spiro atoms. The van der Waals surface area contributed by atoms with Crippen molar-refractivity contribution in [2.75, 3.05) is 13.2 Å². The number of carbonyl (C=O) groups is 4. The Morgan fingerprint density at radius 1 is 1.19 bits per heavy atom. The summed E-state index contributed by atoms with van der Waals surface area (Å²) in [5.41, 5.74) is -1.25. The standard InChI is InChI=1S/C36H50BrN3O7/c1-9-11-17-26(42)38-22(5)29(23-15-13-12-14-16-23)46-34(45)27-28-32(43)40(25(20-41)21(3)4)31(36(28)19-24(37)30(27)47-36)33(44)39(18-10-2)35(6,7)8/h9-10,12-16,21-22,24-25,27-31,41H,1-2,11,17-20H2,3-8H3,(H,38,42)/t22-,24?,25+,27+,28-,29-,30+,31+,36-/m1/s1. The molecule has 11 heteroatoms. The number of allylic oxidation sites excluding steroid dienone is 1. The Morgan fingerprint density at radius 2 is 1.85 bits per heavy atom. The van der Waals surface area contributed by atoms with Crippen molar-refractivity contribution in [3.8, 4) is 0 Å². The summed E-state index contributed by atoms with van der Waals surface area (Å²) in [6.07, 6.45) is 2.81. The fraction of sp³-hybridized carbons (Fsp3) is 0.611. The van der Waals surface area contributed by atoms with Gasteiger partial charge in [-0.2, -0.15) is 0 Å². The first-order chi connectivity index (χ1) is 22.1. The second kappa shape index (κ2) is 14.6. The quantitative estimate of drug-likeness (QED) is 0.167. The van der Waals surface area contributed by atoms with Crippen molar-refractivity contribution >= 4 is 39.6 Å². The third-order valence-electron chi connectivity index (χ3n) is 9.72. The summed E-state index contributed by atoms with van der Waals surface area (Å²) in [7, 11) is 0. The molecule has 3 aliphatic heterocycles. The van der Waals surface area contributed by atoms with Crippen LogP contribution in [0.5, 0.6) is 0 Å².